The van der Waals surface area contributed by atoms with Crippen LogP contribution in [0.2, 0.25) is 0 Å². The van der Waals surface area contributed by atoms with Crippen LogP contribution in [0.3, 0.4) is 0 Å². The SMILES string of the molecule is CCCCc1c(Cc2cccc3ccccc23)nc(NCc2ccccc2)[nH]c1=O. The third-order valence-corrected chi connectivity index (χ3v) is 5.42. The topological polar surface area (TPSA) is 57.8 Å². The minimum atomic E-state index is -0.0377. The fourth-order valence-corrected chi connectivity index (χ4v) is 3.79. The quantitative estimate of drug-likeness (QED) is 0.415. The number of aromatic nitrogens is 2. The standard InChI is InChI=1S/C26H27N3O/c1-2-3-15-23-24(17-21-14-9-13-20-12-7-8-16-22(20)21)28-26(29-25(23)30)27-18-19-10-5-4-6-11-19/h4-14,16H,2-3,15,17-18H2,1H3,(H2,27,28,29,30). The van der Waals surface area contributed by atoms with Gasteiger partial charge in [0.1, 0.15) is 0 Å². The number of fused-ring (bicyclic) bond motifs is 1. The van der Waals surface area contributed by atoms with Crippen LogP contribution in [0, 0.1) is 0 Å². The van der Waals surface area contributed by atoms with E-state index in [-0.39, 0.29) is 5.56 Å². The Balaban J connectivity index is 1.68. The molecule has 0 bridgehead atoms. The van der Waals surface area contributed by atoms with Gasteiger partial charge < -0.3 is 5.32 Å². The molecule has 0 amide bonds. The van der Waals surface area contributed by atoms with E-state index in [2.05, 4.69) is 71.8 Å². The number of hydrogen-bond donors (Lipinski definition) is 2. The molecule has 0 spiro atoms. The molecule has 152 valence electrons. The Bertz CT molecular complexity index is 1180. The Labute approximate surface area is 177 Å². The third kappa shape index (κ3) is 4.60. The molecule has 4 aromatic rings. The highest BCUT2D eigenvalue weighted by Gasteiger charge is 2.13. The molecule has 1 heterocycles. The van der Waals surface area contributed by atoms with Gasteiger partial charge in [0.2, 0.25) is 5.95 Å². The summed E-state index contributed by atoms with van der Waals surface area (Å²) >= 11 is 0. The summed E-state index contributed by atoms with van der Waals surface area (Å²) in [7, 11) is 0. The molecule has 0 aliphatic carbocycles. The molecule has 0 saturated heterocycles. The predicted octanol–water partition coefficient (Wildman–Crippen LogP) is 5.47. The largest absolute Gasteiger partial charge is 0.352 e. The maximum atomic E-state index is 12.9. The van der Waals surface area contributed by atoms with Crippen molar-refractivity contribution in [3.63, 3.8) is 0 Å². The maximum absolute atomic E-state index is 12.9. The lowest BCUT2D eigenvalue weighted by Gasteiger charge is -2.13. The van der Waals surface area contributed by atoms with Gasteiger partial charge in [-0.15, -0.1) is 0 Å². The molecule has 4 rings (SSSR count). The summed E-state index contributed by atoms with van der Waals surface area (Å²) in [5, 5.41) is 5.70. The Hall–Kier alpha value is -3.40. The molecular weight excluding hydrogens is 370 g/mol. The van der Waals surface area contributed by atoms with Crippen molar-refractivity contribution in [3.8, 4) is 0 Å². The van der Waals surface area contributed by atoms with Crippen molar-refractivity contribution in [1.82, 2.24) is 9.97 Å². The van der Waals surface area contributed by atoms with Crippen molar-refractivity contribution in [2.24, 2.45) is 0 Å². The van der Waals surface area contributed by atoms with Crippen LogP contribution >= 0.6 is 0 Å². The number of anilines is 1. The van der Waals surface area contributed by atoms with E-state index in [0.29, 0.717) is 18.9 Å². The van der Waals surface area contributed by atoms with E-state index >= 15 is 0 Å². The molecule has 0 radical (unpaired) electrons. The van der Waals surface area contributed by atoms with Gasteiger partial charge in [0.15, 0.2) is 0 Å². The van der Waals surface area contributed by atoms with E-state index in [9.17, 15) is 4.79 Å². The molecule has 2 N–H and O–H groups in total. The summed E-state index contributed by atoms with van der Waals surface area (Å²) in [6.45, 7) is 2.76. The minimum Gasteiger partial charge on any atom is -0.352 e. The average molecular weight is 398 g/mol. The second kappa shape index (κ2) is 9.40. The first-order valence-electron chi connectivity index (χ1n) is 10.6. The number of benzene rings is 3. The lowest BCUT2D eigenvalue weighted by Crippen LogP contribution is -2.21. The van der Waals surface area contributed by atoms with Crippen LogP contribution in [-0.4, -0.2) is 9.97 Å². The van der Waals surface area contributed by atoms with Gasteiger partial charge in [-0.3, -0.25) is 9.78 Å². The van der Waals surface area contributed by atoms with Crippen molar-refractivity contribution in [2.75, 3.05) is 5.32 Å². The average Bonchev–Trinajstić information content (AvgIpc) is 2.78. The Kier molecular flexibility index (Phi) is 6.23. The molecular formula is C26H27N3O. The first-order chi connectivity index (χ1) is 14.7. The number of aromatic amines is 1. The smallest absolute Gasteiger partial charge is 0.255 e. The highest BCUT2D eigenvalue weighted by molar-refractivity contribution is 5.85. The normalized spacial score (nSPS) is 11.0. The summed E-state index contributed by atoms with van der Waals surface area (Å²) in [4.78, 5) is 20.7. The molecule has 4 heteroatoms. The Morgan fingerprint density at radius 2 is 1.70 bits per heavy atom. The molecule has 0 unspecified atom stereocenters. The van der Waals surface area contributed by atoms with E-state index in [1.54, 1.807) is 0 Å². The molecule has 4 nitrogen and oxygen atoms in total. The summed E-state index contributed by atoms with van der Waals surface area (Å²) in [6, 6.07) is 24.8. The molecule has 0 aliphatic rings. The lowest BCUT2D eigenvalue weighted by atomic mass is 9.98. The monoisotopic (exact) mass is 397 g/mol. The molecule has 0 saturated carbocycles. The van der Waals surface area contributed by atoms with E-state index in [1.807, 2.05) is 18.2 Å². The molecule has 3 aromatic carbocycles. The summed E-state index contributed by atoms with van der Waals surface area (Å²) < 4.78 is 0. The van der Waals surface area contributed by atoms with Gasteiger partial charge in [-0.25, -0.2) is 4.98 Å². The van der Waals surface area contributed by atoms with E-state index in [4.69, 9.17) is 4.98 Å². The zero-order valence-electron chi connectivity index (χ0n) is 17.3. The van der Waals surface area contributed by atoms with Crippen LogP contribution in [0.5, 0.6) is 0 Å². The van der Waals surface area contributed by atoms with Gasteiger partial charge in [-0.2, -0.15) is 0 Å². The maximum Gasteiger partial charge on any atom is 0.255 e. The number of nitrogens with zero attached hydrogens (tertiary/aromatic N) is 1. The number of H-pyrrole nitrogens is 1. The van der Waals surface area contributed by atoms with Crippen LogP contribution in [0.25, 0.3) is 10.8 Å². The van der Waals surface area contributed by atoms with Crippen LogP contribution in [0.4, 0.5) is 5.95 Å². The molecule has 0 aliphatic heterocycles. The number of hydrogen-bond acceptors (Lipinski definition) is 3. The molecule has 1 aromatic heterocycles. The van der Waals surface area contributed by atoms with Crippen molar-refractivity contribution < 1.29 is 0 Å². The number of rotatable bonds is 8. The van der Waals surface area contributed by atoms with Gasteiger partial charge in [0.05, 0.1) is 5.69 Å². The van der Waals surface area contributed by atoms with Crippen LogP contribution in [0.1, 0.15) is 42.1 Å². The van der Waals surface area contributed by atoms with Gasteiger partial charge >= 0.3 is 0 Å². The van der Waals surface area contributed by atoms with Crippen molar-refractivity contribution in [3.05, 3.63) is 106 Å². The van der Waals surface area contributed by atoms with Crippen LogP contribution in [-0.2, 0) is 19.4 Å². The minimum absolute atomic E-state index is 0.0377. The first-order valence-corrected chi connectivity index (χ1v) is 10.6. The van der Waals surface area contributed by atoms with Gasteiger partial charge in [0.25, 0.3) is 5.56 Å². The molecule has 0 fully saturated rings. The summed E-state index contributed by atoms with van der Waals surface area (Å²) in [6.07, 6.45) is 3.41. The fraction of sp³-hybridized carbons (Fsp3) is 0.231. The Morgan fingerprint density at radius 3 is 2.53 bits per heavy atom. The van der Waals surface area contributed by atoms with E-state index in [1.165, 1.54) is 16.3 Å². The van der Waals surface area contributed by atoms with Crippen LogP contribution in [0.15, 0.2) is 77.6 Å². The summed E-state index contributed by atoms with van der Waals surface area (Å²) in [5.74, 6) is 0.527. The zero-order chi connectivity index (χ0) is 20.8. The predicted molar refractivity (Wildman–Crippen MR) is 124 cm³/mol. The first kappa shape index (κ1) is 19.9. The highest BCUT2D eigenvalue weighted by Crippen LogP contribution is 2.22. The number of unbranched alkanes of at least 4 members (excludes halogenated alkanes) is 1. The highest BCUT2D eigenvalue weighted by atomic mass is 16.1. The van der Waals surface area contributed by atoms with Gasteiger partial charge in [0, 0.05) is 18.5 Å². The lowest BCUT2D eigenvalue weighted by molar-refractivity contribution is 0.768. The molecule has 0 atom stereocenters. The van der Waals surface area contributed by atoms with Crippen molar-refractivity contribution in [2.45, 2.75) is 39.2 Å². The fourth-order valence-electron chi connectivity index (χ4n) is 3.79. The van der Waals surface area contributed by atoms with Crippen molar-refractivity contribution >= 4 is 16.7 Å². The zero-order valence-corrected chi connectivity index (χ0v) is 17.3. The van der Waals surface area contributed by atoms with E-state index in [0.717, 1.165) is 36.1 Å². The van der Waals surface area contributed by atoms with Gasteiger partial charge in [-0.05, 0) is 34.7 Å². The Morgan fingerprint density at radius 1 is 0.933 bits per heavy atom. The number of nitrogens with one attached hydrogen (secondary N) is 2. The van der Waals surface area contributed by atoms with Crippen LogP contribution < -0.4 is 10.9 Å². The van der Waals surface area contributed by atoms with E-state index < -0.39 is 0 Å². The third-order valence-electron chi connectivity index (χ3n) is 5.42. The van der Waals surface area contributed by atoms with Crippen molar-refractivity contribution in [1.29, 1.82) is 0 Å². The second-order valence-electron chi connectivity index (χ2n) is 7.60. The second-order valence-corrected chi connectivity index (χ2v) is 7.60. The van der Waals surface area contributed by atoms with Gasteiger partial charge in [-0.1, -0.05) is 86.1 Å². The molecule has 30 heavy (non-hydrogen) atoms. The summed E-state index contributed by atoms with van der Waals surface area (Å²) in [5.41, 5.74) is 3.96.